The molecule has 1 aliphatic rings. The van der Waals surface area contributed by atoms with Crippen molar-refractivity contribution in [3.05, 3.63) is 118 Å². The lowest BCUT2D eigenvalue weighted by atomic mass is 9.95. The van der Waals surface area contributed by atoms with Gasteiger partial charge in [-0.05, 0) is 47.3 Å². The minimum Gasteiger partial charge on any atom is -0.503 e. The summed E-state index contributed by atoms with van der Waals surface area (Å²) < 4.78 is 6.66. The molecule has 3 heterocycles. The predicted octanol–water partition coefficient (Wildman–Crippen LogP) is 6.53. The summed E-state index contributed by atoms with van der Waals surface area (Å²) in [6.45, 7) is 0. The Morgan fingerprint density at radius 1 is 0.971 bits per heavy atom. The normalized spacial score (nSPS) is 16.0. The van der Waals surface area contributed by atoms with E-state index in [0.29, 0.717) is 16.8 Å². The van der Waals surface area contributed by atoms with Crippen LogP contribution in [0, 0.1) is 0 Å². The number of fused-ring (bicyclic) bond motifs is 2. The SMILES string of the molecule is O=C(C1=C(O)C(=O)N(c2cccc3ccccc23)C1c1cccnc1)c1cc2cc(Br)ccc2o1. The fourth-order valence-electron chi connectivity index (χ4n) is 4.62. The molecule has 7 heteroatoms. The van der Waals surface area contributed by atoms with Crippen LogP contribution in [0.15, 0.2) is 111 Å². The van der Waals surface area contributed by atoms with Crippen molar-refractivity contribution in [1.29, 1.82) is 0 Å². The minimum atomic E-state index is -0.880. The van der Waals surface area contributed by atoms with Gasteiger partial charge < -0.3 is 9.52 Å². The quantitative estimate of drug-likeness (QED) is 0.270. The summed E-state index contributed by atoms with van der Waals surface area (Å²) in [6.07, 6.45) is 3.21. The smallest absolute Gasteiger partial charge is 0.294 e. The Hall–Kier alpha value is -4.23. The number of aliphatic hydroxyl groups excluding tert-OH is 1. The third kappa shape index (κ3) is 3.43. The van der Waals surface area contributed by atoms with Gasteiger partial charge in [0.15, 0.2) is 11.5 Å². The van der Waals surface area contributed by atoms with Crippen LogP contribution in [0.1, 0.15) is 22.2 Å². The van der Waals surface area contributed by atoms with Crippen molar-refractivity contribution in [2.75, 3.05) is 4.90 Å². The number of hydrogen-bond acceptors (Lipinski definition) is 5. The molecule has 2 aromatic heterocycles. The van der Waals surface area contributed by atoms with E-state index in [1.807, 2.05) is 54.6 Å². The van der Waals surface area contributed by atoms with Gasteiger partial charge in [-0.3, -0.25) is 19.5 Å². The van der Waals surface area contributed by atoms with E-state index >= 15 is 0 Å². The average Bonchev–Trinajstić information content (AvgIpc) is 3.42. The van der Waals surface area contributed by atoms with Gasteiger partial charge in [0.2, 0.25) is 5.78 Å². The lowest BCUT2D eigenvalue weighted by Gasteiger charge is -2.27. The second kappa shape index (κ2) is 8.21. The summed E-state index contributed by atoms with van der Waals surface area (Å²) in [5.74, 6) is -1.77. The Bertz CT molecular complexity index is 1670. The fraction of sp³-hybridized carbons (Fsp3) is 0.0357. The highest BCUT2D eigenvalue weighted by Crippen LogP contribution is 2.44. The number of aromatic nitrogens is 1. The molecule has 0 bridgehead atoms. The van der Waals surface area contributed by atoms with Crippen molar-refractivity contribution < 1.29 is 19.1 Å². The zero-order chi connectivity index (χ0) is 24.1. The molecule has 0 saturated carbocycles. The van der Waals surface area contributed by atoms with Gasteiger partial charge in [-0.15, -0.1) is 0 Å². The van der Waals surface area contributed by atoms with Crippen molar-refractivity contribution in [2.45, 2.75) is 6.04 Å². The lowest BCUT2D eigenvalue weighted by molar-refractivity contribution is -0.117. The first-order valence-corrected chi connectivity index (χ1v) is 11.7. The Morgan fingerprint density at radius 2 is 1.80 bits per heavy atom. The Labute approximate surface area is 208 Å². The number of aliphatic hydroxyl groups is 1. The third-order valence-electron chi connectivity index (χ3n) is 6.18. The van der Waals surface area contributed by atoms with Crippen LogP contribution in [0.2, 0.25) is 0 Å². The highest BCUT2D eigenvalue weighted by Gasteiger charge is 2.45. The largest absolute Gasteiger partial charge is 0.503 e. The van der Waals surface area contributed by atoms with Crippen LogP contribution >= 0.6 is 15.9 Å². The lowest BCUT2D eigenvalue weighted by Crippen LogP contribution is -2.31. The Kier molecular flexibility index (Phi) is 5.00. The Balaban J connectivity index is 1.54. The molecule has 170 valence electrons. The minimum absolute atomic E-state index is 0.0427. The highest BCUT2D eigenvalue weighted by molar-refractivity contribution is 9.10. The molecule has 0 spiro atoms. The first-order valence-electron chi connectivity index (χ1n) is 10.9. The summed E-state index contributed by atoms with van der Waals surface area (Å²) in [5, 5.41) is 13.5. The number of pyridine rings is 1. The number of ketones is 1. The van der Waals surface area contributed by atoms with Crippen molar-refractivity contribution in [1.82, 2.24) is 4.98 Å². The number of furan rings is 1. The molecule has 1 aliphatic heterocycles. The molecule has 6 nitrogen and oxygen atoms in total. The van der Waals surface area contributed by atoms with Crippen LogP contribution in [-0.4, -0.2) is 21.8 Å². The number of halogens is 1. The zero-order valence-corrected chi connectivity index (χ0v) is 19.8. The molecule has 0 fully saturated rings. The summed E-state index contributed by atoms with van der Waals surface area (Å²) >= 11 is 3.42. The van der Waals surface area contributed by atoms with Gasteiger partial charge in [0, 0.05) is 27.6 Å². The summed E-state index contributed by atoms with van der Waals surface area (Å²) in [6, 6.07) is 22.9. The van der Waals surface area contributed by atoms with E-state index in [9.17, 15) is 14.7 Å². The average molecular weight is 525 g/mol. The predicted molar refractivity (Wildman–Crippen MR) is 136 cm³/mol. The number of benzene rings is 3. The number of nitrogens with zero attached hydrogens (tertiary/aromatic N) is 2. The van der Waals surface area contributed by atoms with E-state index in [-0.39, 0.29) is 11.3 Å². The van der Waals surface area contributed by atoms with E-state index in [4.69, 9.17) is 4.42 Å². The molecular formula is C28H17BrN2O4. The molecular weight excluding hydrogens is 508 g/mol. The first kappa shape index (κ1) is 21.3. The van der Waals surface area contributed by atoms with Gasteiger partial charge in [0.05, 0.1) is 17.3 Å². The van der Waals surface area contributed by atoms with E-state index in [1.54, 1.807) is 36.7 Å². The molecule has 5 aromatic rings. The van der Waals surface area contributed by atoms with Gasteiger partial charge >= 0.3 is 0 Å². The molecule has 0 radical (unpaired) electrons. The molecule has 1 unspecified atom stereocenters. The fourth-order valence-corrected chi connectivity index (χ4v) is 4.99. The summed E-state index contributed by atoms with van der Waals surface area (Å²) in [5.41, 5.74) is 1.67. The van der Waals surface area contributed by atoms with Crippen LogP contribution in [0.4, 0.5) is 5.69 Å². The van der Waals surface area contributed by atoms with Gasteiger partial charge in [-0.2, -0.15) is 0 Å². The van der Waals surface area contributed by atoms with Gasteiger partial charge in [0.25, 0.3) is 5.91 Å². The van der Waals surface area contributed by atoms with E-state index in [0.717, 1.165) is 20.6 Å². The molecule has 3 aromatic carbocycles. The van der Waals surface area contributed by atoms with Crippen LogP contribution in [0.5, 0.6) is 0 Å². The number of carbonyl (C=O) groups is 2. The monoisotopic (exact) mass is 524 g/mol. The molecule has 35 heavy (non-hydrogen) atoms. The highest BCUT2D eigenvalue weighted by atomic mass is 79.9. The second-order valence-electron chi connectivity index (χ2n) is 8.25. The number of amides is 1. The number of hydrogen-bond donors (Lipinski definition) is 1. The van der Waals surface area contributed by atoms with Crippen LogP contribution in [-0.2, 0) is 4.79 Å². The molecule has 6 rings (SSSR count). The zero-order valence-electron chi connectivity index (χ0n) is 18.2. The topological polar surface area (TPSA) is 83.6 Å². The van der Waals surface area contributed by atoms with Gasteiger partial charge in [-0.25, -0.2) is 0 Å². The third-order valence-corrected chi connectivity index (χ3v) is 6.67. The number of carbonyl (C=O) groups excluding carboxylic acids is 2. The van der Waals surface area contributed by atoms with Crippen LogP contribution in [0.25, 0.3) is 21.7 Å². The van der Waals surface area contributed by atoms with E-state index in [2.05, 4.69) is 20.9 Å². The van der Waals surface area contributed by atoms with E-state index in [1.165, 1.54) is 4.90 Å². The maximum atomic E-state index is 13.8. The van der Waals surface area contributed by atoms with E-state index < -0.39 is 23.5 Å². The van der Waals surface area contributed by atoms with Crippen LogP contribution in [0.3, 0.4) is 0 Å². The molecule has 0 saturated heterocycles. The Morgan fingerprint density at radius 3 is 2.63 bits per heavy atom. The molecule has 1 atom stereocenters. The van der Waals surface area contributed by atoms with Crippen molar-refractivity contribution in [3.63, 3.8) is 0 Å². The maximum absolute atomic E-state index is 13.8. The molecule has 1 N–H and O–H groups in total. The second-order valence-corrected chi connectivity index (χ2v) is 9.16. The van der Waals surface area contributed by atoms with Crippen molar-refractivity contribution >= 4 is 55.0 Å². The van der Waals surface area contributed by atoms with Gasteiger partial charge in [-0.1, -0.05) is 58.4 Å². The number of rotatable bonds is 4. The van der Waals surface area contributed by atoms with Crippen molar-refractivity contribution in [2.24, 2.45) is 0 Å². The summed E-state index contributed by atoms with van der Waals surface area (Å²) in [4.78, 5) is 32.9. The maximum Gasteiger partial charge on any atom is 0.294 e. The van der Waals surface area contributed by atoms with Crippen LogP contribution < -0.4 is 4.90 Å². The summed E-state index contributed by atoms with van der Waals surface area (Å²) in [7, 11) is 0. The molecule has 0 aliphatic carbocycles. The molecule has 1 amide bonds. The number of Topliss-reactive ketones (excluding diaryl/α,β-unsaturated/α-hetero) is 1. The standard InChI is InChI=1S/C28H17BrN2O4/c29-19-10-11-22-18(13-19)14-23(35-22)26(32)24-25(17-7-4-12-30-15-17)31(28(34)27(24)33)21-9-3-6-16-5-1-2-8-20(16)21/h1-15,25,33H. The van der Waals surface area contributed by atoms with Crippen molar-refractivity contribution in [3.8, 4) is 0 Å². The van der Waals surface area contributed by atoms with Gasteiger partial charge in [0.1, 0.15) is 5.58 Å². The first-order chi connectivity index (χ1) is 17.0. The number of anilines is 1.